The molecule has 1 aromatic rings. The van der Waals surface area contributed by atoms with Gasteiger partial charge in [-0.1, -0.05) is 30.3 Å². The van der Waals surface area contributed by atoms with Crippen LogP contribution < -0.4 is 5.32 Å². The van der Waals surface area contributed by atoms with Gasteiger partial charge in [-0.25, -0.2) is 4.79 Å². The Bertz CT molecular complexity index is 542. The van der Waals surface area contributed by atoms with Crippen molar-refractivity contribution in [3.8, 4) is 0 Å². The van der Waals surface area contributed by atoms with Crippen LogP contribution in [-0.2, 0) is 16.1 Å². The number of nitrogens with one attached hydrogen (secondary N) is 1. The lowest BCUT2D eigenvalue weighted by atomic mass is 10.1. The smallest absolute Gasteiger partial charge is 0.409 e. The Kier molecular flexibility index (Phi) is 7.73. The highest BCUT2D eigenvalue weighted by Gasteiger charge is 2.24. The number of amides is 2. The summed E-state index contributed by atoms with van der Waals surface area (Å²) in [6.07, 6.45) is 1.45. The molecule has 0 spiro atoms. The molecule has 2 rings (SSSR count). The van der Waals surface area contributed by atoms with E-state index in [1.807, 2.05) is 49.1 Å². The van der Waals surface area contributed by atoms with Crippen LogP contribution in [0, 0.1) is 0 Å². The molecule has 0 atom stereocenters. The number of rotatable bonds is 7. The Balaban J connectivity index is 1.73. The van der Waals surface area contributed by atoms with Crippen LogP contribution in [0.5, 0.6) is 0 Å². The molecule has 0 aromatic heterocycles. The second kappa shape index (κ2) is 10.0. The third kappa shape index (κ3) is 6.05. The molecule has 1 fully saturated rings. The average Bonchev–Trinajstić information content (AvgIpc) is 2.65. The van der Waals surface area contributed by atoms with Gasteiger partial charge in [0.15, 0.2) is 0 Å². The van der Waals surface area contributed by atoms with E-state index in [0.29, 0.717) is 39.3 Å². The molecule has 1 aliphatic heterocycles. The number of carbonyl (C=O) groups is 2. The van der Waals surface area contributed by atoms with E-state index in [1.165, 1.54) is 0 Å². The van der Waals surface area contributed by atoms with Crippen molar-refractivity contribution in [1.82, 2.24) is 15.1 Å². The SMILES string of the molecule is CCOC(=O)N1CCC(NCC(=O)N(CC)Cc2ccccc2)CC1. The molecule has 1 aliphatic rings. The van der Waals surface area contributed by atoms with E-state index >= 15 is 0 Å². The molecule has 0 bridgehead atoms. The highest BCUT2D eigenvalue weighted by molar-refractivity contribution is 5.78. The topological polar surface area (TPSA) is 61.9 Å². The summed E-state index contributed by atoms with van der Waals surface area (Å²) in [5.74, 6) is 0.110. The van der Waals surface area contributed by atoms with Gasteiger partial charge < -0.3 is 19.9 Å². The largest absolute Gasteiger partial charge is 0.450 e. The normalized spacial score (nSPS) is 15.0. The molecule has 1 heterocycles. The second-order valence-electron chi connectivity index (χ2n) is 6.23. The fourth-order valence-corrected chi connectivity index (χ4v) is 3.00. The van der Waals surface area contributed by atoms with Crippen LogP contribution >= 0.6 is 0 Å². The molecular weight excluding hydrogens is 318 g/mol. The monoisotopic (exact) mass is 347 g/mol. The standard InChI is InChI=1S/C19H29N3O3/c1-3-21(15-16-8-6-5-7-9-16)18(23)14-20-17-10-12-22(13-11-17)19(24)25-4-2/h5-9,17,20H,3-4,10-15H2,1-2H3. The lowest BCUT2D eigenvalue weighted by molar-refractivity contribution is -0.130. The fraction of sp³-hybridized carbons (Fsp3) is 0.579. The quantitative estimate of drug-likeness (QED) is 0.822. The lowest BCUT2D eigenvalue weighted by Crippen LogP contribution is -2.47. The van der Waals surface area contributed by atoms with Gasteiger partial charge in [-0.2, -0.15) is 0 Å². The molecule has 1 saturated heterocycles. The first kappa shape index (κ1) is 19.2. The molecule has 0 radical (unpaired) electrons. The predicted molar refractivity (Wildman–Crippen MR) is 97.2 cm³/mol. The van der Waals surface area contributed by atoms with Crippen molar-refractivity contribution < 1.29 is 14.3 Å². The first-order valence-corrected chi connectivity index (χ1v) is 9.10. The number of carbonyl (C=O) groups excluding carboxylic acids is 2. The molecule has 0 saturated carbocycles. The van der Waals surface area contributed by atoms with Gasteiger partial charge in [0.1, 0.15) is 0 Å². The fourth-order valence-electron chi connectivity index (χ4n) is 3.00. The van der Waals surface area contributed by atoms with Crippen molar-refractivity contribution in [3.05, 3.63) is 35.9 Å². The van der Waals surface area contributed by atoms with Gasteiger partial charge in [0.05, 0.1) is 13.2 Å². The summed E-state index contributed by atoms with van der Waals surface area (Å²) in [5, 5.41) is 3.34. The number of hydrogen-bond acceptors (Lipinski definition) is 4. The molecule has 6 heteroatoms. The van der Waals surface area contributed by atoms with E-state index in [1.54, 1.807) is 4.90 Å². The Morgan fingerprint density at radius 2 is 1.88 bits per heavy atom. The van der Waals surface area contributed by atoms with Gasteiger partial charge in [-0.3, -0.25) is 4.79 Å². The van der Waals surface area contributed by atoms with Crippen LogP contribution in [0.3, 0.4) is 0 Å². The summed E-state index contributed by atoms with van der Waals surface area (Å²) >= 11 is 0. The Hall–Kier alpha value is -2.08. The zero-order chi connectivity index (χ0) is 18.1. The highest BCUT2D eigenvalue weighted by Crippen LogP contribution is 2.11. The van der Waals surface area contributed by atoms with Gasteiger partial charge >= 0.3 is 6.09 Å². The Labute approximate surface area is 150 Å². The highest BCUT2D eigenvalue weighted by atomic mass is 16.6. The minimum Gasteiger partial charge on any atom is -0.450 e. The van der Waals surface area contributed by atoms with E-state index in [2.05, 4.69) is 5.32 Å². The second-order valence-corrected chi connectivity index (χ2v) is 6.23. The van der Waals surface area contributed by atoms with Gasteiger partial charge in [-0.05, 0) is 32.3 Å². The van der Waals surface area contributed by atoms with Crippen molar-refractivity contribution in [2.45, 2.75) is 39.3 Å². The van der Waals surface area contributed by atoms with Gasteiger partial charge in [0, 0.05) is 32.2 Å². The molecular formula is C19H29N3O3. The third-order valence-electron chi connectivity index (χ3n) is 4.51. The number of piperidine rings is 1. The molecule has 1 N–H and O–H groups in total. The number of ether oxygens (including phenoxy) is 1. The van der Waals surface area contributed by atoms with E-state index in [0.717, 1.165) is 18.4 Å². The van der Waals surface area contributed by atoms with Crippen molar-refractivity contribution in [3.63, 3.8) is 0 Å². The van der Waals surface area contributed by atoms with Crippen molar-refractivity contribution in [1.29, 1.82) is 0 Å². The minimum absolute atomic E-state index is 0.110. The summed E-state index contributed by atoms with van der Waals surface area (Å²) in [5.41, 5.74) is 1.14. The molecule has 2 amide bonds. The van der Waals surface area contributed by atoms with Gasteiger partial charge in [-0.15, -0.1) is 0 Å². The van der Waals surface area contributed by atoms with E-state index in [4.69, 9.17) is 4.74 Å². The summed E-state index contributed by atoms with van der Waals surface area (Å²) in [4.78, 5) is 27.7. The maximum Gasteiger partial charge on any atom is 0.409 e. The first-order valence-electron chi connectivity index (χ1n) is 9.10. The van der Waals surface area contributed by atoms with Crippen LogP contribution in [0.1, 0.15) is 32.3 Å². The van der Waals surface area contributed by atoms with Crippen LogP contribution in [0.15, 0.2) is 30.3 Å². The van der Waals surface area contributed by atoms with Crippen molar-refractivity contribution in [2.24, 2.45) is 0 Å². The average molecular weight is 347 g/mol. The zero-order valence-electron chi connectivity index (χ0n) is 15.2. The Morgan fingerprint density at radius 1 is 1.20 bits per heavy atom. The third-order valence-corrected chi connectivity index (χ3v) is 4.51. The van der Waals surface area contributed by atoms with E-state index in [-0.39, 0.29) is 18.0 Å². The summed E-state index contributed by atoms with van der Waals surface area (Å²) in [7, 11) is 0. The number of benzene rings is 1. The van der Waals surface area contributed by atoms with Crippen LogP contribution in [0.4, 0.5) is 4.79 Å². The number of nitrogens with zero attached hydrogens (tertiary/aromatic N) is 2. The summed E-state index contributed by atoms with van der Waals surface area (Å²) < 4.78 is 5.02. The van der Waals surface area contributed by atoms with E-state index in [9.17, 15) is 9.59 Å². The molecule has 0 aliphatic carbocycles. The lowest BCUT2D eigenvalue weighted by Gasteiger charge is -2.32. The zero-order valence-corrected chi connectivity index (χ0v) is 15.2. The molecule has 0 unspecified atom stereocenters. The maximum absolute atomic E-state index is 12.5. The minimum atomic E-state index is -0.239. The predicted octanol–water partition coefficient (Wildman–Crippen LogP) is 2.25. The van der Waals surface area contributed by atoms with Gasteiger partial charge in [0.2, 0.25) is 5.91 Å². The Morgan fingerprint density at radius 3 is 2.48 bits per heavy atom. The molecule has 25 heavy (non-hydrogen) atoms. The number of likely N-dealkylation sites (tertiary alicyclic amines) is 1. The first-order chi connectivity index (χ1) is 12.1. The number of hydrogen-bond donors (Lipinski definition) is 1. The van der Waals surface area contributed by atoms with Crippen LogP contribution in [0.25, 0.3) is 0 Å². The van der Waals surface area contributed by atoms with Crippen molar-refractivity contribution in [2.75, 3.05) is 32.8 Å². The summed E-state index contributed by atoms with van der Waals surface area (Å²) in [6, 6.07) is 10.3. The van der Waals surface area contributed by atoms with Gasteiger partial charge in [0.25, 0.3) is 0 Å². The number of likely N-dealkylation sites (N-methyl/N-ethyl adjacent to an activating group) is 1. The van der Waals surface area contributed by atoms with E-state index < -0.39 is 0 Å². The van der Waals surface area contributed by atoms with Crippen molar-refractivity contribution >= 4 is 12.0 Å². The molecule has 6 nitrogen and oxygen atoms in total. The molecule has 138 valence electrons. The summed E-state index contributed by atoms with van der Waals surface area (Å²) in [6.45, 7) is 7.23. The van der Waals surface area contributed by atoms with Crippen LogP contribution in [-0.4, -0.2) is 60.6 Å². The maximum atomic E-state index is 12.5. The van der Waals surface area contributed by atoms with Crippen LogP contribution in [0.2, 0.25) is 0 Å². The molecule has 1 aromatic carbocycles.